The predicted octanol–water partition coefficient (Wildman–Crippen LogP) is 0.794. The van der Waals surface area contributed by atoms with E-state index in [0.29, 0.717) is 18.1 Å². The van der Waals surface area contributed by atoms with Crippen molar-refractivity contribution in [1.82, 2.24) is 4.90 Å². The molecule has 108 valence electrons. The van der Waals surface area contributed by atoms with Crippen LogP contribution in [0.1, 0.15) is 26.7 Å². The van der Waals surface area contributed by atoms with Crippen LogP contribution in [0.2, 0.25) is 0 Å². The number of ether oxygens (including phenoxy) is 2. The molecule has 0 saturated carbocycles. The van der Waals surface area contributed by atoms with Crippen LogP contribution in [0.15, 0.2) is 0 Å². The number of amides is 1. The molecule has 19 heavy (non-hydrogen) atoms. The minimum atomic E-state index is -0.585. The summed E-state index contributed by atoms with van der Waals surface area (Å²) in [5.41, 5.74) is 0. The fraction of sp³-hybridized carbons (Fsp3) is 0.750. The molecule has 1 saturated heterocycles. The molecule has 1 aliphatic rings. The quantitative estimate of drug-likeness (QED) is 0.673. The maximum atomic E-state index is 11.8. The van der Waals surface area contributed by atoms with E-state index in [-0.39, 0.29) is 12.5 Å². The van der Waals surface area contributed by atoms with E-state index in [1.807, 2.05) is 6.92 Å². The largest absolute Gasteiger partial charge is 0.463 e. The zero-order valence-corrected chi connectivity index (χ0v) is 12.0. The Morgan fingerprint density at radius 2 is 2.00 bits per heavy atom. The molecule has 1 heterocycles. The van der Waals surface area contributed by atoms with E-state index in [4.69, 9.17) is 4.74 Å². The first-order chi connectivity index (χ1) is 9.10. The third-order valence-electron chi connectivity index (χ3n) is 2.58. The van der Waals surface area contributed by atoms with Crippen molar-refractivity contribution in [3.8, 4) is 0 Å². The number of carbonyl (C=O) groups excluding carboxylic acids is 3. The molecule has 0 aromatic heterocycles. The van der Waals surface area contributed by atoms with Crippen molar-refractivity contribution in [2.45, 2.75) is 32.7 Å². The van der Waals surface area contributed by atoms with Gasteiger partial charge in [0.2, 0.25) is 5.91 Å². The summed E-state index contributed by atoms with van der Waals surface area (Å²) in [4.78, 5) is 36.3. The maximum absolute atomic E-state index is 11.8. The topological polar surface area (TPSA) is 72.9 Å². The fourth-order valence-electron chi connectivity index (χ4n) is 1.67. The van der Waals surface area contributed by atoms with Gasteiger partial charge in [-0.2, -0.15) is 0 Å². The van der Waals surface area contributed by atoms with Gasteiger partial charge in [-0.1, -0.05) is 6.92 Å². The molecule has 1 atom stereocenters. The summed E-state index contributed by atoms with van der Waals surface area (Å²) in [7, 11) is 0. The van der Waals surface area contributed by atoms with Crippen molar-refractivity contribution in [2.75, 3.05) is 24.8 Å². The Balaban J connectivity index is 2.46. The molecule has 0 aliphatic carbocycles. The summed E-state index contributed by atoms with van der Waals surface area (Å²) in [6, 6.07) is -0.585. The van der Waals surface area contributed by atoms with Gasteiger partial charge in [0.05, 0.1) is 12.5 Å². The summed E-state index contributed by atoms with van der Waals surface area (Å²) in [6.07, 6.45) is 1.16. The first-order valence-electron chi connectivity index (χ1n) is 6.29. The fourth-order valence-corrected chi connectivity index (χ4v) is 2.84. The molecule has 0 N–H and O–H groups in total. The maximum Gasteiger partial charge on any atom is 0.344 e. The Bertz CT molecular complexity index is 347. The second kappa shape index (κ2) is 8.04. The number of esters is 2. The summed E-state index contributed by atoms with van der Waals surface area (Å²) < 4.78 is 9.54. The van der Waals surface area contributed by atoms with E-state index in [1.165, 1.54) is 16.7 Å². The Morgan fingerprint density at radius 3 is 2.63 bits per heavy atom. The minimum Gasteiger partial charge on any atom is -0.463 e. The zero-order valence-electron chi connectivity index (χ0n) is 11.2. The van der Waals surface area contributed by atoms with Crippen LogP contribution < -0.4 is 0 Å². The number of hydrogen-bond donors (Lipinski definition) is 0. The van der Waals surface area contributed by atoms with Gasteiger partial charge in [-0.05, 0) is 13.3 Å². The lowest BCUT2D eigenvalue weighted by Crippen LogP contribution is -2.43. The van der Waals surface area contributed by atoms with Gasteiger partial charge in [0.1, 0.15) is 6.04 Å². The SMILES string of the molecule is CCCC(=O)N1CSC[C@H]1C(=O)OCC(=O)OCC. The van der Waals surface area contributed by atoms with Gasteiger partial charge < -0.3 is 14.4 Å². The molecule has 1 rings (SSSR count). The number of carbonyl (C=O) groups is 3. The first kappa shape index (κ1) is 15.8. The van der Waals surface area contributed by atoms with Crippen LogP contribution in [-0.4, -0.2) is 53.6 Å². The number of nitrogens with zero attached hydrogens (tertiary/aromatic N) is 1. The highest BCUT2D eigenvalue weighted by Crippen LogP contribution is 2.22. The van der Waals surface area contributed by atoms with E-state index in [9.17, 15) is 14.4 Å². The zero-order chi connectivity index (χ0) is 14.3. The van der Waals surface area contributed by atoms with E-state index in [1.54, 1.807) is 6.92 Å². The molecule has 0 unspecified atom stereocenters. The summed E-state index contributed by atoms with van der Waals surface area (Å²) >= 11 is 1.51. The molecule has 0 bridgehead atoms. The first-order valence-corrected chi connectivity index (χ1v) is 7.45. The monoisotopic (exact) mass is 289 g/mol. The van der Waals surface area contributed by atoms with Crippen LogP contribution in [0.4, 0.5) is 0 Å². The third kappa shape index (κ3) is 4.74. The Kier molecular flexibility index (Phi) is 6.69. The van der Waals surface area contributed by atoms with Crippen molar-refractivity contribution in [1.29, 1.82) is 0 Å². The summed E-state index contributed by atoms with van der Waals surface area (Å²) in [5.74, 6) is -0.157. The normalized spacial score (nSPS) is 18.2. The van der Waals surface area contributed by atoms with Crippen LogP contribution in [0.25, 0.3) is 0 Å². The van der Waals surface area contributed by atoms with Gasteiger partial charge in [-0.25, -0.2) is 9.59 Å². The standard InChI is InChI=1S/C12H19NO5S/c1-3-5-10(14)13-8-19-7-9(13)12(16)18-6-11(15)17-4-2/h9H,3-8H2,1-2H3/t9-/m0/s1. The Labute approximate surface area is 116 Å². The van der Waals surface area contributed by atoms with Crippen LogP contribution >= 0.6 is 11.8 Å². The Hall–Kier alpha value is -1.24. The number of hydrogen-bond acceptors (Lipinski definition) is 6. The van der Waals surface area contributed by atoms with Crippen molar-refractivity contribution >= 4 is 29.6 Å². The molecule has 1 amide bonds. The van der Waals surface area contributed by atoms with E-state index >= 15 is 0 Å². The van der Waals surface area contributed by atoms with Gasteiger partial charge in [0, 0.05) is 12.2 Å². The van der Waals surface area contributed by atoms with E-state index in [2.05, 4.69) is 4.74 Å². The Morgan fingerprint density at radius 1 is 1.26 bits per heavy atom. The average molecular weight is 289 g/mol. The predicted molar refractivity (Wildman–Crippen MR) is 70.5 cm³/mol. The highest BCUT2D eigenvalue weighted by Gasteiger charge is 2.35. The smallest absolute Gasteiger partial charge is 0.344 e. The lowest BCUT2D eigenvalue weighted by atomic mass is 10.2. The molecular formula is C12H19NO5S. The highest BCUT2D eigenvalue weighted by atomic mass is 32.2. The molecule has 0 radical (unpaired) electrons. The van der Waals surface area contributed by atoms with Gasteiger partial charge in [-0.3, -0.25) is 4.79 Å². The molecule has 7 heteroatoms. The van der Waals surface area contributed by atoms with E-state index < -0.39 is 24.6 Å². The van der Waals surface area contributed by atoms with E-state index in [0.717, 1.165) is 6.42 Å². The molecule has 0 spiro atoms. The second-order valence-corrected chi connectivity index (χ2v) is 5.04. The lowest BCUT2D eigenvalue weighted by Gasteiger charge is -2.21. The molecule has 1 aliphatic heterocycles. The van der Waals surface area contributed by atoms with Crippen molar-refractivity contribution in [3.63, 3.8) is 0 Å². The minimum absolute atomic E-state index is 0.0504. The third-order valence-corrected chi connectivity index (χ3v) is 3.59. The van der Waals surface area contributed by atoms with Crippen LogP contribution in [0.3, 0.4) is 0 Å². The molecule has 0 aromatic carbocycles. The van der Waals surface area contributed by atoms with Crippen LogP contribution in [0.5, 0.6) is 0 Å². The van der Waals surface area contributed by atoms with Crippen molar-refractivity contribution < 1.29 is 23.9 Å². The average Bonchev–Trinajstić information content (AvgIpc) is 2.86. The van der Waals surface area contributed by atoms with Gasteiger partial charge in [0.25, 0.3) is 0 Å². The van der Waals surface area contributed by atoms with Crippen LogP contribution in [-0.2, 0) is 23.9 Å². The van der Waals surface area contributed by atoms with Crippen molar-refractivity contribution in [2.24, 2.45) is 0 Å². The molecule has 0 aromatic rings. The lowest BCUT2D eigenvalue weighted by molar-refractivity contribution is -0.162. The van der Waals surface area contributed by atoms with Crippen molar-refractivity contribution in [3.05, 3.63) is 0 Å². The van der Waals surface area contributed by atoms with Gasteiger partial charge in [-0.15, -0.1) is 11.8 Å². The van der Waals surface area contributed by atoms with Crippen LogP contribution in [0, 0.1) is 0 Å². The summed E-state index contributed by atoms with van der Waals surface area (Å²) in [5, 5.41) is 0. The second-order valence-electron chi connectivity index (χ2n) is 4.04. The van der Waals surface area contributed by atoms with Gasteiger partial charge in [0.15, 0.2) is 6.61 Å². The molecular weight excluding hydrogens is 270 g/mol. The number of rotatable bonds is 6. The summed E-state index contributed by atoms with van der Waals surface area (Å²) in [6.45, 7) is 3.44. The van der Waals surface area contributed by atoms with Gasteiger partial charge >= 0.3 is 11.9 Å². The molecule has 1 fully saturated rings. The molecule has 6 nitrogen and oxygen atoms in total. The number of thioether (sulfide) groups is 1. The highest BCUT2D eigenvalue weighted by molar-refractivity contribution is 7.99.